The lowest BCUT2D eigenvalue weighted by molar-refractivity contribution is -0.140. The van der Waals surface area contributed by atoms with Crippen molar-refractivity contribution in [1.82, 2.24) is 10.2 Å². The fourth-order valence-electron chi connectivity index (χ4n) is 2.16. The number of benzene rings is 1. The van der Waals surface area contributed by atoms with Gasteiger partial charge in [0.1, 0.15) is 6.61 Å². The van der Waals surface area contributed by atoms with Crippen LogP contribution < -0.4 is 11.1 Å². The maximum atomic E-state index is 11.9. The summed E-state index contributed by atoms with van der Waals surface area (Å²) in [6.07, 6.45) is -3.23. The highest BCUT2D eigenvalue weighted by Gasteiger charge is 2.40. The van der Waals surface area contributed by atoms with Crippen molar-refractivity contribution in [2.45, 2.75) is 19.1 Å². The number of primary amides is 1. The number of hydrogen-bond donors (Lipinski definition) is 2. The maximum absolute atomic E-state index is 11.9. The number of rotatable bonds is 6. The number of likely N-dealkylation sites (tertiary alicyclic amines) is 1. The lowest BCUT2D eigenvalue weighted by Crippen LogP contribution is -2.40. The monoisotopic (exact) mass is 335 g/mol. The summed E-state index contributed by atoms with van der Waals surface area (Å²) in [5.41, 5.74) is 5.67. The van der Waals surface area contributed by atoms with Gasteiger partial charge in [-0.2, -0.15) is 0 Å². The number of ether oxygens (including phenoxy) is 2. The van der Waals surface area contributed by atoms with E-state index in [0.29, 0.717) is 0 Å². The highest BCUT2D eigenvalue weighted by atomic mass is 16.6. The number of nitrogens with zero attached hydrogens (tertiary/aromatic N) is 1. The predicted molar refractivity (Wildman–Crippen MR) is 80.4 cm³/mol. The average molecular weight is 335 g/mol. The molecule has 1 aromatic rings. The molecular formula is C15H17N3O6. The molecule has 1 saturated heterocycles. The third-order valence-corrected chi connectivity index (χ3v) is 3.28. The van der Waals surface area contributed by atoms with Crippen LogP contribution in [0.4, 0.5) is 9.59 Å². The quantitative estimate of drug-likeness (QED) is 0.711. The summed E-state index contributed by atoms with van der Waals surface area (Å²) in [7, 11) is 0. The van der Waals surface area contributed by atoms with E-state index in [2.05, 4.69) is 10.1 Å². The second kappa shape index (κ2) is 7.95. The van der Waals surface area contributed by atoms with Gasteiger partial charge in [0.25, 0.3) is 5.91 Å². The molecule has 0 saturated carbocycles. The zero-order chi connectivity index (χ0) is 17.5. The molecule has 128 valence electrons. The first-order chi connectivity index (χ1) is 11.5. The molecule has 0 aliphatic carbocycles. The number of nitrogens with two attached hydrogens (primary N) is 1. The first kappa shape index (κ1) is 17.3. The number of amides is 4. The molecule has 1 unspecified atom stereocenters. The summed E-state index contributed by atoms with van der Waals surface area (Å²) in [5, 5.41) is 2.44. The minimum Gasteiger partial charge on any atom is -0.445 e. The average Bonchev–Trinajstić information content (AvgIpc) is 2.80. The molecule has 1 atom stereocenters. The Morgan fingerprint density at radius 2 is 1.96 bits per heavy atom. The molecular weight excluding hydrogens is 318 g/mol. The van der Waals surface area contributed by atoms with Crippen molar-refractivity contribution < 1.29 is 28.7 Å². The van der Waals surface area contributed by atoms with Gasteiger partial charge < -0.3 is 20.5 Å². The molecule has 1 heterocycles. The summed E-state index contributed by atoms with van der Waals surface area (Å²) in [5.74, 6) is -1.15. The van der Waals surface area contributed by atoms with E-state index in [1.807, 2.05) is 30.3 Å². The number of carbonyl (C=O) groups is 4. The summed E-state index contributed by atoms with van der Waals surface area (Å²) in [4.78, 5) is 46.7. The summed E-state index contributed by atoms with van der Waals surface area (Å²) in [6, 6.07) is 9.13. The highest BCUT2D eigenvalue weighted by molar-refractivity contribution is 6.05. The van der Waals surface area contributed by atoms with E-state index in [1.54, 1.807) is 0 Å². The van der Waals surface area contributed by atoms with Crippen molar-refractivity contribution in [2.75, 3.05) is 13.1 Å². The second-order valence-electron chi connectivity index (χ2n) is 5.00. The number of imide groups is 1. The minimum absolute atomic E-state index is 0.0222. The van der Waals surface area contributed by atoms with Crippen molar-refractivity contribution in [1.29, 1.82) is 0 Å². The molecule has 0 radical (unpaired) electrons. The van der Waals surface area contributed by atoms with Gasteiger partial charge in [0, 0.05) is 13.1 Å². The Hall–Kier alpha value is -3.10. The van der Waals surface area contributed by atoms with Crippen molar-refractivity contribution in [3.05, 3.63) is 35.9 Å². The van der Waals surface area contributed by atoms with Crippen molar-refractivity contribution in [3.63, 3.8) is 0 Å². The molecule has 1 fully saturated rings. The largest absolute Gasteiger partial charge is 0.445 e. The van der Waals surface area contributed by atoms with E-state index in [-0.39, 0.29) is 26.1 Å². The van der Waals surface area contributed by atoms with Crippen LogP contribution in [-0.4, -0.2) is 48.1 Å². The lowest BCUT2D eigenvalue weighted by Gasteiger charge is -2.15. The molecule has 1 aliphatic heterocycles. The van der Waals surface area contributed by atoms with Crippen LogP contribution in [0.2, 0.25) is 0 Å². The van der Waals surface area contributed by atoms with Gasteiger partial charge in [0.15, 0.2) is 6.10 Å². The normalized spacial score (nSPS) is 16.8. The molecule has 9 heteroatoms. The predicted octanol–water partition coefficient (Wildman–Crippen LogP) is 0.136. The van der Waals surface area contributed by atoms with Gasteiger partial charge in [-0.3, -0.25) is 14.5 Å². The van der Waals surface area contributed by atoms with Gasteiger partial charge in [-0.15, -0.1) is 0 Å². The number of nitrogens with one attached hydrogen (secondary N) is 1. The van der Waals surface area contributed by atoms with Crippen LogP contribution in [0.15, 0.2) is 30.3 Å². The Morgan fingerprint density at radius 1 is 1.25 bits per heavy atom. The Kier molecular flexibility index (Phi) is 5.72. The summed E-state index contributed by atoms with van der Waals surface area (Å²) < 4.78 is 9.55. The Bertz CT molecular complexity index is 633. The van der Waals surface area contributed by atoms with Gasteiger partial charge in [0.2, 0.25) is 5.91 Å². The molecule has 3 N–H and O–H groups in total. The Labute approximate surface area is 137 Å². The van der Waals surface area contributed by atoms with Crippen LogP contribution in [0, 0.1) is 0 Å². The van der Waals surface area contributed by atoms with Crippen LogP contribution in [0.25, 0.3) is 0 Å². The fourth-order valence-corrected chi connectivity index (χ4v) is 2.16. The first-order valence-electron chi connectivity index (χ1n) is 7.22. The summed E-state index contributed by atoms with van der Waals surface area (Å²) in [6.45, 7) is 0.0912. The van der Waals surface area contributed by atoms with Gasteiger partial charge in [-0.1, -0.05) is 30.3 Å². The smallest absolute Gasteiger partial charge is 0.407 e. The number of alkyl carbamates (subject to hydrolysis) is 1. The van der Waals surface area contributed by atoms with Crippen molar-refractivity contribution in [2.24, 2.45) is 5.73 Å². The molecule has 0 bridgehead atoms. The van der Waals surface area contributed by atoms with Crippen molar-refractivity contribution in [3.8, 4) is 0 Å². The molecule has 9 nitrogen and oxygen atoms in total. The van der Waals surface area contributed by atoms with E-state index >= 15 is 0 Å². The Morgan fingerprint density at radius 3 is 2.62 bits per heavy atom. The number of hydrogen-bond acceptors (Lipinski definition) is 6. The lowest BCUT2D eigenvalue weighted by atomic mass is 10.2. The topological polar surface area (TPSA) is 128 Å². The third-order valence-electron chi connectivity index (χ3n) is 3.28. The van der Waals surface area contributed by atoms with Crippen LogP contribution in [0.1, 0.15) is 12.0 Å². The van der Waals surface area contributed by atoms with Crippen LogP contribution >= 0.6 is 0 Å². The second-order valence-corrected chi connectivity index (χ2v) is 5.00. The molecule has 4 amide bonds. The van der Waals surface area contributed by atoms with Crippen LogP contribution in [0.3, 0.4) is 0 Å². The fraction of sp³-hybridized carbons (Fsp3) is 0.333. The van der Waals surface area contributed by atoms with E-state index < -0.39 is 30.1 Å². The highest BCUT2D eigenvalue weighted by Crippen LogP contribution is 2.15. The standard InChI is InChI=1S/C15H17N3O6/c16-14(21)24-11-8-12(19)18(13(11)20)7-6-17-15(22)23-9-10-4-2-1-3-5-10/h1-5,11H,6-9H2,(H2,16,21)(H,17,22). The van der Waals surface area contributed by atoms with Gasteiger partial charge in [-0.05, 0) is 5.56 Å². The van der Waals surface area contributed by atoms with Gasteiger partial charge in [0.05, 0.1) is 6.42 Å². The zero-order valence-electron chi connectivity index (χ0n) is 12.8. The van der Waals surface area contributed by atoms with Gasteiger partial charge in [-0.25, -0.2) is 9.59 Å². The molecule has 0 spiro atoms. The molecule has 1 aliphatic rings. The SMILES string of the molecule is NC(=O)OC1CC(=O)N(CCNC(=O)OCc2ccccc2)C1=O. The molecule has 24 heavy (non-hydrogen) atoms. The maximum Gasteiger partial charge on any atom is 0.407 e. The van der Waals surface area contributed by atoms with Crippen LogP contribution in [-0.2, 0) is 25.7 Å². The minimum atomic E-state index is -1.19. The molecule has 2 rings (SSSR count). The van der Waals surface area contributed by atoms with Crippen molar-refractivity contribution >= 4 is 24.0 Å². The van der Waals surface area contributed by atoms with E-state index in [0.717, 1.165) is 10.5 Å². The van der Waals surface area contributed by atoms with Gasteiger partial charge >= 0.3 is 12.2 Å². The molecule has 1 aromatic carbocycles. The molecule has 0 aromatic heterocycles. The number of carbonyl (C=O) groups excluding carboxylic acids is 4. The summed E-state index contributed by atoms with van der Waals surface area (Å²) >= 11 is 0. The van der Waals surface area contributed by atoms with Crippen LogP contribution in [0.5, 0.6) is 0 Å². The zero-order valence-corrected chi connectivity index (χ0v) is 12.8. The third kappa shape index (κ3) is 4.70. The van der Waals surface area contributed by atoms with E-state index in [4.69, 9.17) is 10.5 Å². The first-order valence-corrected chi connectivity index (χ1v) is 7.22. The Balaban J connectivity index is 1.71. The van der Waals surface area contributed by atoms with E-state index in [1.165, 1.54) is 0 Å². The van der Waals surface area contributed by atoms with E-state index in [9.17, 15) is 19.2 Å².